The maximum absolute atomic E-state index is 11.1. The van der Waals surface area contributed by atoms with Gasteiger partial charge in [0.2, 0.25) is 0 Å². The van der Waals surface area contributed by atoms with Crippen LogP contribution in [0.5, 0.6) is 0 Å². The number of rotatable bonds is 7. The molecule has 1 aliphatic rings. The van der Waals surface area contributed by atoms with Gasteiger partial charge in [-0.05, 0) is 31.6 Å². The molecule has 1 rings (SSSR count). The van der Waals surface area contributed by atoms with Crippen molar-refractivity contribution in [3.8, 4) is 0 Å². The lowest BCUT2D eigenvalue weighted by Crippen LogP contribution is -2.49. The van der Waals surface area contributed by atoms with Crippen LogP contribution >= 0.6 is 0 Å². The van der Waals surface area contributed by atoms with Gasteiger partial charge in [-0.1, -0.05) is 13.8 Å². The van der Waals surface area contributed by atoms with Crippen LogP contribution in [0.4, 0.5) is 0 Å². The number of aliphatic hydroxyl groups is 1. The molecule has 4 atom stereocenters. The lowest BCUT2D eigenvalue weighted by atomic mass is 9.73. The number of aliphatic carboxylic acids is 1. The zero-order valence-corrected chi connectivity index (χ0v) is 15.0. The highest BCUT2D eigenvalue weighted by molar-refractivity contribution is 5.67. The topological polar surface area (TPSA) is 66.8 Å². The highest BCUT2D eigenvalue weighted by Gasteiger charge is 2.41. The van der Waals surface area contributed by atoms with E-state index in [2.05, 4.69) is 13.8 Å². The molecule has 0 aromatic heterocycles. The maximum atomic E-state index is 11.1. The normalized spacial score (nSPS) is 31.3. The van der Waals surface area contributed by atoms with Crippen molar-refractivity contribution in [2.45, 2.75) is 64.3 Å². The molecule has 22 heavy (non-hydrogen) atoms. The standard InChI is InChI=1S/C17H33NO4/c1-12(2)14-7-8-17(3,10-15(14)19)22-13(9-16(20)21)11-18(4,5)6/h12-15,19H,7-11H2,1-6H3/p+1/t13-,14+,15-,17-/m1/s1. The Morgan fingerprint density at radius 2 is 1.95 bits per heavy atom. The first-order valence-corrected chi connectivity index (χ1v) is 8.30. The molecule has 0 heterocycles. The third-order valence-corrected chi connectivity index (χ3v) is 4.60. The van der Waals surface area contributed by atoms with Gasteiger partial charge in [0, 0.05) is 6.42 Å². The number of hydrogen-bond acceptors (Lipinski definition) is 3. The number of likely N-dealkylation sites (N-methyl/N-ethyl adjacent to an activating group) is 1. The monoisotopic (exact) mass is 316 g/mol. The molecule has 1 aliphatic carbocycles. The third kappa shape index (κ3) is 6.23. The Morgan fingerprint density at radius 3 is 2.36 bits per heavy atom. The summed E-state index contributed by atoms with van der Waals surface area (Å²) in [4.78, 5) is 11.1. The molecule has 0 aromatic rings. The van der Waals surface area contributed by atoms with Gasteiger partial charge in [0.05, 0.1) is 39.3 Å². The van der Waals surface area contributed by atoms with Gasteiger partial charge in [-0.3, -0.25) is 4.79 Å². The highest BCUT2D eigenvalue weighted by Crippen LogP contribution is 2.39. The molecule has 0 bridgehead atoms. The fraction of sp³-hybridized carbons (Fsp3) is 0.941. The van der Waals surface area contributed by atoms with Crippen molar-refractivity contribution in [1.29, 1.82) is 0 Å². The average molecular weight is 316 g/mol. The van der Waals surface area contributed by atoms with Gasteiger partial charge in [-0.25, -0.2) is 0 Å². The van der Waals surface area contributed by atoms with Crippen molar-refractivity contribution in [1.82, 2.24) is 0 Å². The quantitative estimate of drug-likeness (QED) is 0.706. The van der Waals surface area contributed by atoms with E-state index in [1.54, 1.807) is 0 Å². The molecule has 0 aliphatic heterocycles. The Morgan fingerprint density at radius 1 is 1.36 bits per heavy atom. The van der Waals surface area contributed by atoms with Gasteiger partial charge < -0.3 is 19.4 Å². The molecule has 0 aromatic carbocycles. The minimum absolute atomic E-state index is 0.00874. The number of carboxylic acids is 1. The van der Waals surface area contributed by atoms with Crippen LogP contribution in [0.3, 0.4) is 0 Å². The number of hydrogen-bond donors (Lipinski definition) is 2. The first-order valence-electron chi connectivity index (χ1n) is 8.30. The number of ether oxygens (including phenoxy) is 1. The summed E-state index contributed by atoms with van der Waals surface area (Å²) in [5.74, 6) is -0.0629. The molecule has 0 spiro atoms. The summed E-state index contributed by atoms with van der Waals surface area (Å²) in [6.45, 7) is 6.94. The molecule has 0 amide bonds. The third-order valence-electron chi connectivity index (χ3n) is 4.60. The van der Waals surface area contributed by atoms with Gasteiger partial charge in [-0.2, -0.15) is 0 Å². The van der Waals surface area contributed by atoms with E-state index in [1.807, 2.05) is 28.1 Å². The van der Waals surface area contributed by atoms with E-state index < -0.39 is 11.6 Å². The summed E-state index contributed by atoms with van der Waals surface area (Å²) < 4.78 is 6.87. The Kier molecular flexibility index (Phi) is 6.42. The molecule has 2 N–H and O–H groups in total. The molecule has 5 nitrogen and oxygen atoms in total. The van der Waals surface area contributed by atoms with Crippen molar-refractivity contribution in [2.75, 3.05) is 27.7 Å². The van der Waals surface area contributed by atoms with Crippen molar-refractivity contribution in [3.63, 3.8) is 0 Å². The fourth-order valence-electron chi connectivity index (χ4n) is 3.60. The minimum atomic E-state index is -0.835. The number of quaternary nitrogens is 1. The van der Waals surface area contributed by atoms with Crippen LogP contribution in [0.1, 0.15) is 46.5 Å². The summed E-state index contributed by atoms with van der Waals surface area (Å²) >= 11 is 0. The Balaban J connectivity index is 2.73. The molecule has 0 saturated heterocycles. The Bertz CT molecular complexity index is 377. The summed E-state index contributed by atoms with van der Waals surface area (Å²) in [6, 6.07) is 0. The van der Waals surface area contributed by atoms with E-state index >= 15 is 0 Å². The molecule has 5 heteroatoms. The number of nitrogens with zero attached hydrogens (tertiary/aromatic N) is 1. The number of carbonyl (C=O) groups is 1. The van der Waals surface area contributed by atoms with E-state index in [4.69, 9.17) is 9.84 Å². The lowest BCUT2D eigenvalue weighted by Gasteiger charge is -2.44. The Labute approximate surface area is 134 Å². The minimum Gasteiger partial charge on any atom is -0.481 e. The van der Waals surface area contributed by atoms with Gasteiger partial charge in [0.1, 0.15) is 12.6 Å². The second kappa shape index (κ2) is 7.28. The fourth-order valence-corrected chi connectivity index (χ4v) is 3.60. The predicted molar refractivity (Wildman–Crippen MR) is 86.6 cm³/mol. The smallest absolute Gasteiger partial charge is 0.306 e. The van der Waals surface area contributed by atoms with Crippen LogP contribution < -0.4 is 0 Å². The van der Waals surface area contributed by atoms with Gasteiger partial charge in [-0.15, -0.1) is 0 Å². The molecule has 1 saturated carbocycles. The molecule has 1 fully saturated rings. The molecule has 0 radical (unpaired) electrons. The Hall–Kier alpha value is -0.650. The molecular weight excluding hydrogens is 282 g/mol. The van der Waals surface area contributed by atoms with E-state index in [0.717, 1.165) is 12.8 Å². The van der Waals surface area contributed by atoms with E-state index in [0.29, 0.717) is 29.3 Å². The van der Waals surface area contributed by atoms with Crippen LogP contribution in [0.15, 0.2) is 0 Å². The molecule has 0 unspecified atom stereocenters. The van der Waals surface area contributed by atoms with Crippen LogP contribution in [-0.4, -0.2) is 66.2 Å². The second-order valence-corrected chi connectivity index (χ2v) is 8.48. The highest BCUT2D eigenvalue weighted by atomic mass is 16.5. The summed E-state index contributed by atoms with van der Waals surface area (Å²) in [7, 11) is 6.10. The van der Waals surface area contributed by atoms with E-state index in [9.17, 15) is 9.90 Å². The largest absolute Gasteiger partial charge is 0.481 e. The van der Waals surface area contributed by atoms with Crippen LogP contribution in [0.2, 0.25) is 0 Å². The van der Waals surface area contributed by atoms with Crippen molar-refractivity contribution >= 4 is 5.97 Å². The summed E-state index contributed by atoms with van der Waals surface area (Å²) in [5, 5.41) is 19.5. The molecular formula is C17H34NO4+. The zero-order valence-electron chi connectivity index (χ0n) is 15.0. The van der Waals surface area contributed by atoms with Crippen LogP contribution in [-0.2, 0) is 9.53 Å². The summed E-state index contributed by atoms with van der Waals surface area (Å²) in [5.41, 5.74) is -0.430. The lowest BCUT2D eigenvalue weighted by molar-refractivity contribution is -0.874. The van der Waals surface area contributed by atoms with Gasteiger partial charge >= 0.3 is 5.97 Å². The maximum Gasteiger partial charge on any atom is 0.306 e. The van der Waals surface area contributed by atoms with Gasteiger partial charge in [0.15, 0.2) is 0 Å². The number of carboxylic acid groups (broad SMARTS) is 1. The second-order valence-electron chi connectivity index (χ2n) is 8.48. The van der Waals surface area contributed by atoms with Crippen molar-refractivity contribution in [3.05, 3.63) is 0 Å². The van der Waals surface area contributed by atoms with Crippen LogP contribution in [0.25, 0.3) is 0 Å². The van der Waals surface area contributed by atoms with Crippen molar-refractivity contribution in [2.24, 2.45) is 11.8 Å². The van der Waals surface area contributed by atoms with E-state index in [-0.39, 0.29) is 18.6 Å². The SMILES string of the molecule is CC(C)[C@@H]1CC[C@@](C)(O[C@H](CC(=O)O)C[N+](C)(C)C)C[C@H]1O. The summed E-state index contributed by atoms with van der Waals surface area (Å²) in [6.07, 6.45) is 1.70. The zero-order chi connectivity index (χ0) is 17.1. The number of aliphatic hydroxyl groups excluding tert-OH is 1. The predicted octanol–water partition coefficient (Wildman–Crippen LogP) is 2.13. The van der Waals surface area contributed by atoms with Gasteiger partial charge in [0.25, 0.3) is 0 Å². The van der Waals surface area contributed by atoms with Crippen molar-refractivity contribution < 1.29 is 24.2 Å². The first-order chi connectivity index (χ1) is 9.92. The van der Waals surface area contributed by atoms with Crippen LogP contribution in [0, 0.1) is 11.8 Å². The molecule has 130 valence electrons. The van der Waals surface area contributed by atoms with E-state index in [1.165, 1.54) is 0 Å². The first kappa shape index (κ1) is 19.4. The average Bonchev–Trinajstić information content (AvgIpc) is 2.23.